The highest BCUT2D eigenvalue weighted by Crippen LogP contribution is 2.21. The monoisotopic (exact) mass is 379 g/mol. The number of hydrogen-bond acceptors (Lipinski definition) is 4. The molecule has 0 heterocycles. The van der Waals surface area contributed by atoms with Crippen LogP contribution in [0.3, 0.4) is 0 Å². The van der Waals surface area contributed by atoms with Crippen molar-refractivity contribution in [3.05, 3.63) is 59.9 Å². The number of sulfonamides is 1. The Kier molecular flexibility index (Phi) is 6.29. The van der Waals surface area contributed by atoms with Gasteiger partial charge in [-0.3, -0.25) is 14.3 Å². The molecule has 0 unspecified atom stereocenters. The van der Waals surface area contributed by atoms with Gasteiger partial charge in [0.15, 0.2) is 0 Å². The van der Waals surface area contributed by atoms with Crippen molar-refractivity contribution in [2.45, 2.75) is 6.42 Å². The van der Waals surface area contributed by atoms with E-state index in [1.165, 1.54) is 30.3 Å². The number of carbonyl (C=O) groups excluding carboxylic acids is 2. The molecule has 0 atom stereocenters. The average Bonchev–Trinajstić information content (AvgIpc) is 2.53. The fourth-order valence-corrected chi connectivity index (χ4v) is 2.73. The number of anilines is 2. The molecule has 0 saturated carbocycles. The summed E-state index contributed by atoms with van der Waals surface area (Å²) in [6.07, 6.45) is 0.940. The van der Waals surface area contributed by atoms with Crippen LogP contribution in [0.1, 0.15) is 5.56 Å². The van der Waals surface area contributed by atoms with E-state index in [-0.39, 0.29) is 24.3 Å². The predicted molar refractivity (Wildman–Crippen MR) is 96.7 cm³/mol. The summed E-state index contributed by atoms with van der Waals surface area (Å²) >= 11 is 0. The minimum atomic E-state index is -3.50. The molecule has 7 nitrogen and oxygen atoms in total. The maximum Gasteiger partial charge on any atom is 0.243 e. The molecular formula is C17H18FN3O4S. The Labute approximate surface area is 150 Å². The van der Waals surface area contributed by atoms with Crippen LogP contribution in [0.2, 0.25) is 0 Å². The number of amides is 2. The Morgan fingerprint density at radius 3 is 2.35 bits per heavy atom. The Hall–Kier alpha value is -2.94. The maximum atomic E-state index is 13.1. The largest absolute Gasteiger partial charge is 0.347 e. The third-order valence-electron chi connectivity index (χ3n) is 3.20. The summed E-state index contributed by atoms with van der Waals surface area (Å²) in [5, 5.41) is 4.95. The van der Waals surface area contributed by atoms with Crippen LogP contribution >= 0.6 is 0 Å². The van der Waals surface area contributed by atoms with Gasteiger partial charge in [0.05, 0.1) is 30.6 Å². The lowest BCUT2D eigenvalue weighted by atomic mass is 10.1. The Bertz CT molecular complexity index is 916. The molecule has 9 heteroatoms. The van der Waals surface area contributed by atoms with Gasteiger partial charge in [-0.15, -0.1) is 0 Å². The van der Waals surface area contributed by atoms with E-state index in [2.05, 4.69) is 15.4 Å². The van der Waals surface area contributed by atoms with Crippen molar-refractivity contribution in [2.24, 2.45) is 0 Å². The van der Waals surface area contributed by atoms with E-state index in [1.807, 2.05) is 0 Å². The molecule has 2 amide bonds. The molecule has 0 saturated heterocycles. The molecule has 2 aromatic rings. The number of para-hydroxylation sites is 2. The first-order valence-electron chi connectivity index (χ1n) is 7.61. The number of hydrogen-bond donors (Lipinski definition) is 3. The zero-order valence-electron chi connectivity index (χ0n) is 14.0. The number of carbonyl (C=O) groups is 2. The fourth-order valence-electron chi connectivity index (χ4n) is 2.15. The van der Waals surface area contributed by atoms with Gasteiger partial charge in [-0.05, 0) is 29.8 Å². The quantitative estimate of drug-likeness (QED) is 0.678. The maximum absolute atomic E-state index is 13.1. The summed E-state index contributed by atoms with van der Waals surface area (Å²) < 4.78 is 38.1. The van der Waals surface area contributed by atoms with Crippen LogP contribution in [-0.4, -0.2) is 33.0 Å². The molecule has 0 aliphatic heterocycles. The third kappa shape index (κ3) is 6.52. The normalized spacial score (nSPS) is 10.8. The highest BCUT2D eigenvalue weighted by Gasteiger charge is 2.11. The van der Waals surface area contributed by atoms with Crippen LogP contribution in [0, 0.1) is 5.82 Å². The third-order valence-corrected chi connectivity index (χ3v) is 3.79. The van der Waals surface area contributed by atoms with Crippen LogP contribution in [-0.2, 0) is 26.0 Å². The van der Waals surface area contributed by atoms with E-state index in [9.17, 15) is 22.4 Å². The zero-order valence-corrected chi connectivity index (χ0v) is 14.8. The molecule has 2 rings (SSSR count). The summed E-state index contributed by atoms with van der Waals surface area (Å²) in [6, 6.07) is 11.9. The Morgan fingerprint density at radius 2 is 1.69 bits per heavy atom. The number of halogens is 1. The lowest BCUT2D eigenvalue weighted by Crippen LogP contribution is -2.34. The predicted octanol–water partition coefficient (Wildman–Crippen LogP) is 1.49. The van der Waals surface area contributed by atoms with Crippen molar-refractivity contribution in [1.29, 1.82) is 0 Å². The Morgan fingerprint density at radius 1 is 1.00 bits per heavy atom. The van der Waals surface area contributed by atoms with Crippen molar-refractivity contribution in [3.8, 4) is 0 Å². The summed E-state index contributed by atoms with van der Waals surface area (Å²) in [5.74, 6) is -1.41. The van der Waals surface area contributed by atoms with E-state index in [0.29, 0.717) is 5.56 Å². The molecule has 0 spiro atoms. The summed E-state index contributed by atoms with van der Waals surface area (Å²) in [4.78, 5) is 23.8. The van der Waals surface area contributed by atoms with Crippen molar-refractivity contribution in [3.63, 3.8) is 0 Å². The Balaban J connectivity index is 1.90. The van der Waals surface area contributed by atoms with Gasteiger partial charge in [-0.2, -0.15) is 0 Å². The van der Waals surface area contributed by atoms with Crippen LogP contribution in [0.5, 0.6) is 0 Å². The molecule has 0 bridgehead atoms. The van der Waals surface area contributed by atoms with E-state index < -0.39 is 27.7 Å². The summed E-state index contributed by atoms with van der Waals surface area (Å²) in [5.41, 5.74) is 0.974. The molecule has 0 fully saturated rings. The molecule has 26 heavy (non-hydrogen) atoms. The molecule has 3 N–H and O–H groups in total. The van der Waals surface area contributed by atoms with Gasteiger partial charge < -0.3 is 10.6 Å². The van der Waals surface area contributed by atoms with Crippen LogP contribution in [0.15, 0.2) is 48.5 Å². The van der Waals surface area contributed by atoms with E-state index >= 15 is 0 Å². The second-order valence-electron chi connectivity index (χ2n) is 5.55. The first-order chi connectivity index (χ1) is 12.2. The summed E-state index contributed by atoms with van der Waals surface area (Å²) in [7, 11) is -3.50. The van der Waals surface area contributed by atoms with E-state index in [4.69, 9.17) is 0 Å². The van der Waals surface area contributed by atoms with Gasteiger partial charge in [0.2, 0.25) is 21.8 Å². The first kappa shape index (κ1) is 19.4. The van der Waals surface area contributed by atoms with Gasteiger partial charge in [0.1, 0.15) is 5.82 Å². The number of nitrogens with one attached hydrogen (secondary N) is 3. The molecule has 0 aliphatic carbocycles. The van der Waals surface area contributed by atoms with Gasteiger partial charge in [0, 0.05) is 0 Å². The molecule has 0 aliphatic rings. The first-order valence-corrected chi connectivity index (χ1v) is 9.50. The van der Waals surface area contributed by atoms with Crippen molar-refractivity contribution >= 4 is 33.2 Å². The molecular weight excluding hydrogens is 361 g/mol. The average molecular weight is 379 g/mol. The lowest BCUT2D eigenvalue weighted by Gasteiger charge is -2.12. The van der Waals surface area contributed by atoms with Crippen LogP contribution in [0.25, 0.3) is 0 Å². The van der Waals surface area contributed by atoms with Gasteiger partial charge in [0.25, 0.3) is 0 Å². The highest BCUT2D eigenvalue weighted by atomic mass is 32.2. The van der Waals surface area contributed by atoms with Crippen LogP contribution < -0.4 is 15.4 Å². The van der Waals surface area contributed by atoms with Crippen molar-refractivity contribution in [2.75, 3.05) is 22.8 Å². The number of benzene rings is 2. The summed E-state index contributed by atoms with van der Waals surface area (Å²) in [6.45, 7) is -0.304. The molecule has 0 radical (unpaired) electrons. The van der Waals surface area contributed by atoms with Gasteiger partial charge in [-0.1, -0.05) is 24.3 Å². The molecule has 2 aromatic carbocycles. The standard InChI is InChI=1S/C17H18FN3O4S/c1-26(24,25)21-15-8-3-2-7-14(15)20-17(23)11-19-16(22)10-12-5-4-6-13(18)9-12/h2-9,21H,10-11H2,1H3,(H,19,22)(H,20,23). The minimum Gasteiger partial charge on any atom is -0.347 e. The lowest BCUT2D eigenvalue weighted by molar-refractivity contribution is -0.123. The highest BCUT2D eigenvalue weighted by molar-refractivity contribution is 7.92. The molecule has 0 aromatic heterocycles. The van der Waals surface area contributed by atoms with E-state index in [1.54, 1.807) is 18.2 Å². The second-order valence-corrected chi connectivity index (χ2v) is 7.30. The second kappa shape index (κ2) is 8.43. The van der Waals surface area contributed by atoms with Crippen molar-refractivity contribution < 1.29 is 22.4 Å². The van der Waals surface area contributed by atoms with Gasteiger partial charge >= 0.3 is 0 Å². The minimum absolute atomic E-state index is 0.0583. The molecule has 138 valence electrons. The SMILES string of the molecule is CS(=O)(=O)Nc1ccccc1NC(=O)CNC(=O)Cc1cccc(F)c1. The topological polar surface area (TPSA) is 104 Å². The number of rotatable bonds is 7. The fraction of sp³-hybridized carbons (Fsp3) is 0.176. The van der Waals surface area contributed by atoms with E-state index in [0.717, 1.165) is 6.26 Å². The van der Waals surface area contributed by atoms with Gasteiger partial charge in [-0.25, -0.2) is 12.8 Å². The van der Waals surface area contributed by atoms with Crippen molar-refractivity contribution in [1.82, 2.24) is 5.32 Å². The smallest absolute Gasteiger partial charge is 0.243 e. The zero-order chi connectivity index (χ0) is 19.2. The van der Waals surface area contributed by atoms with Crippen LogP contribution in [0.4, 0.5) is 15.8 Å².